The third-order valence-corrected chi connectivity index (χ3v) is 5.68. The molecule has 35 heavy (non-hydrogen) atoms. The maximum absolute atomic E-state index is 13.4. The molecule has 0 atom stereocenters. The maximum Gasteiger partial charge on any atom is 0.354 e. The quantitative estimate of drug-likeness (QED) is 0.443. The summed E-state index contributed by atoms with van der Waals surface area (Å²) in [4.78, 5) is 42.1. The van der Waals surface area contributed by atoms with Gasteiger partial charge in [-0.2, -0.15) is 4.98 Å². The van der Waals surface area contributed by atoms with Crippen molar-refractivity contribution in [3.05, 3.63) is 85.7 Å². The molecule has 3 aromatic rings. The van der Waals surface area contributed by atoms with E-state index in [1.807, 2.05) is 50.2 Å². The number of carbonyl (C=O) groups is 1. The van der Waals surface area contributed by atoms with Crippen molar-refractivity contribution in [2.75, 3.05) is 11.9 Å². The van der Waals surface area contributed by atoms with Crippen LogP contribution in [0, 0.1) is 19.8 Å². The van der Waals surface area contributed by atoms with Gasteiger partial charge < -0.3 is 10.1 Å². The highest BCUT2D eigenvalue weighted by atomic mass is 16.5. The number of esters is 1. The molecular formula is C27H34N4O4. The average molecular weight is 479 g/mol. The lowest BCUT2D eigenvalue weighted by Gasteiger charge is -2.17. The second-order valence-corrected chi connectivity index (χ2v) is 9.14. The van der Waals surface area contributed by atoms with Gasteiger partial charge in [-0.3, -0.25) is 9.36 Å². The van der Waals surface area contributed by atoms with Crippen LogP contribution < -0.4 is 16.7 Å². The van der Waals surface area contributed by atoms with E-state index in [0.29, 0.717) is 5.92 Å². The normalized spacial score (nSPS) is 11.0. The van der Waals surface area contributed by atoms with Gasteiger partial charge in [0.05, 0.1) is 19.6 Å². The highest BCUT2D eigenvalue weighted by molar-refractivity contribution is 5.69. The van der Waals surface area contributed by atoms with Crippen LogP contribution in [0.25, 0.3) is 0 Å². The predicted octanol–water partition coefficient (Wildman–Crippen LogP) is 3.97. The fourth-order valence-corrected chi connectivity index (χ4v) is 3.84. The first-order valence-corrected chi connectivity index (χ1v) is 12.0. The molecule has 186 valence electrons. The van der Waals surface area contributed by atoms with Crippen LogP contribution in [0.3, 0.4) is 0 Å². The molecule has 8 nitrogen and oxygen atoms in total. The summed E-state index contributed by atoms with van der Waals surface area (Å²) in [5.74, 6) is 0.225. The minimum absolute atomic E-state index is 0.0848. The zero-order chi connectivity index (χ0) is 25.5. The summed E-state index contributed by atoms with van der Waals surface area (Å²) < 4.78 is 7.34. The lowest BCUT2D eigenvalue weighted by atomic mass is 9.98. The number of rotatable bonds is 10. The summed E-state index contributed by atoms with van der Waals surface area (Å²) in [7, 11) is 0. The van der Waals surface area contributed by atoms with E-state index in [-0.39, 0.29) is 32.1 Å². The lowest BCUT2D eigenvalue weighted by Crippen LogP contribution is -2.43. The Labute approximate surface area is 205 Å². The van der Waals surface area contributed by atoms with Crippen molar-refractivity contribution in [2.45, 2.75) is 60.5 Å². The number of hydrogen-bond donors (Lipinski definition) is 1. The van der Waals surface area contributed by atoms with Gasteiger partial charge in [0.1, 0.15) is 0 Å². The molecule has 0 radical (unpaired) electrons. The lowest BCUT2D eigenvalue weighted by molar-refractivity contribution is -0.143. The first-order valence-electron chi connectivity index (χ1n) is 12.0. The Hall–Kier alpha value is -3.68. The number of benzene rings is 2. The number of aryl methyl sites for hydroxylation is 2. The molecule has 8 heteroatoms. The van der Waals surface area contributed by atoms with E-state index in [4.69, 9.17) is 4.74 Å². The Balaban J connectivity index is 1.99. The van der Waals surface area contributed by atoms with Crippen molar-refractivity contribution in [1.29, 1.82) is 0 Å². The fourth-order valence-electron chi connectivity index (χ4n) is 3.84. The van der Waals surface area contributed by atoms with Crippen LogP contribution in [0.15, 0.2) is 52.1 Å². The SMILES string of the molecule is CCOC(=O)CCn1c(=O)nc(Nc2ccc(CC(C)C)c(C)c2)n(Cc2ccc(C)cc2)c1=O. The van der Waals surface area contributed by atoms with E-state index in [2.05, 4.69) is 30.2 Å². The topological polar surface area (TPSA) is 95.2 Å². The molecule has 0 aliphatic rings. The van der Waals surface area contributed by atoms with Crippen LogP contribution >= 0.6 is 0 Å². The maximum atomic E-state index is 13.4. The smallest absolute Gasteiger partial charge is 0.354 e. The van der Waals surface area contributed by atoms with E-state index in [1.54, 1.807) is 6.92 Å². The van der Waals surface area contributed by atoms with Gasteiger partial charge in [0.25, 0.3) is 0 Å². The second-order valence-electron chi connectivity index (χ2n) is 9.14. The largest absolute Gasteiger partial charge is 0.466 e. The Morgan fingerprint density at radius 1 is 1.06 bits per heavy atom. The fraction of sp³-hybridized carbons (Fsp3) is 0.407. The van der Waals surface area contributed by atoms with Crippen LogP contribution in [0.2, 0.25) is 0 Å². The predicted molar refractivity (Wildman–Crippen MR) is 137 cm³/mol. The molecule has 0 saturated carbocycles. The molecule has 0 aliphatic heterocycles. The van der Waals surface area contributed by atoms with Crippen LogP contribution in [-0.4, -0.2) is 26.7 Å². The summed E-state index contributed by atoms with van der Waals surface area (Å²) in [6.45, 7) is 10.5. The van der Waals surface area contributed by atoms with Crippen LogP contribution in [0.4, 0.5) is 11.6 Å². The molecule has 0 amide bonds. The Bertz CT molecular complexity index is 1290. The van der Waals surface area contributed by atoms with E-state index >= 15 is 0 Å². The van der Waals surface area contributed by atoms with Crippen molar-refractivity contribution in [1.82, 2.24) is 14.1 Å². The molecule has 0 unspecified atom stereocenters. The standard InChI is InChI=1S/C27H34N4O4/c1-6-35-24(32)13-14-30-26(33)29-25(28-23-12-11-22(15-18(2)3)20(5)16-23)31(27(30)34)17-21-9-7-19(4)8-10-21/h7-12,16,18H,6,13-15,17H2,1-5H3,(H,28,29,33). The van der Waals surface area contributed by atoms with Gasteiger partial charge in [-0.1, -0.05) is 49.7 Å². The van der Waals surface area contributed by atoms with Gasteiger partial charge in [0, 0.05) is 12.2 Å². The molecule has 3 rings (SSSR count). The molecular weight excluding hydrogens is 444 g/mol. The summed E-state index contributed by atoms with van der Waals surface area (Å²) >= 11 is 0. The van der Waals surface area contributed by atoms with Gasteiger partial charge in [-0.15, -0.1) is 0 Å². The summed E-state index contributed by atoms with van der Waals surface area (Å²) in [6.07, 6.45) is 0.886. The van der Waals surface area contributed by atoms with Gasteiger partial charge >= 0.3 is 17.3 Å². The molecule has 0 saturated heterocycles. The number of nitrogens with one attached hydrogen (secondary N) is 1. The number of carbonyl (C=O) groups excluding carboxylic acids is 1. The van der Waals surface area contributed by atoms with Crippen LogP contribution in [-0.2, 0) is 29.0 Å². The summed E-state index contributed by atoms with van der Waals surface area (Å²) in [5.41, 5.74) is 3.86. The van der Waals surface area contributed by atoms with Crippen molar-refractivity contribution < 1.29 is 9.53 Å². The zero-order valence-electron chi connectivity index (χ0n) is 21.1. The first kappa shape index (κ1) is 25.9. The third-order valence-electron chi connectivity index (χ3n) is 5.68. The zero-order valence-corrected chi connectivity index (χ0v) is 21.1. The van der Waals surface area contributed by atoms with Gasteiger partial charge in [0.2, 0.25) is 5.95 Å². The van der Waals surface area contributed by atoms with Crippen molar-refractivity contribution in [2.24, 2.45) is 5.92 Å². The molecule has 1 N–H and O–H groups in total. The monoisotopic (exact) mass is 478 g/mol. The molecule has 0 fully saturated rings. The van der Waals surface area contributed by atoms with Crippen LogP contribution in [0.1, 0.15) is 49.4 Å². The van der Waals surface area contributed by atoms with Crippen molar-refractivity contribution in [3.8, 4) is 0 Å². The molecule has 0 aliphatic carbocycles. The molecule has 1 aromatic heterocycles. The van der Waals surface area contributed by atoms with E-state index in [9.17, 15) is 14.4 Å². The Kier molecular flexibility index (Phi) is 8.63. The Morgan fingerprint density at radius 3 is 2.40 bits per heavy atom. The molecule has 1 heterocycles. The summed E-state index contributed by atoms with van der Waals surface area (Å²) in [6, 6.07) is 13.8. The van der Waals surface area contributed by atoms with Crippen LogP contribution in [0.5, 0.6) is 0 Å². The second kappa shape index (κ2) is 11.6. The van der Waals surface area contributed by atoms with Crippen molar-refractivity contribution >= 4 is 17.6 Å². The summed E-state index contributed by atoms with van der Waals surface area (Å²) in [5, 5.41) is 3.17. The number of hydrogen-bond acceptors (Lipinski definition) is 6. The minimum atomic E-state index is -0.713. The van der Waals surface area contributed by atoms with Gasteiger partial charge in [-0.25, -0.2) is 14.2 Å². The van der Waals surface area contributed by atoms with Gasteiger partial charge in [0.15, 0.2) is 0 Å². The molecule has 2 aromatic carbocycles. The van der Waals surface area contributed by atoms with E-state index in [1.165, 1.54) is 10.1 Å². The number of nitrogens with zero attached hydrogens (tertiary/aromatic N) is 3. The number of aromatic nitrogens is 3. The Morgan fingerprint density at radius 2 is 1.77 bits per heavy atom. The number of anilines is 2. The van der Waals surface area contributed by atoms with E-state index in [0.717, 1.165) is 33.4 Å². The molecule has 0 spiro atoms. The number of ether oxygens (including phenoxy) is 1. The minimum Gasteiger partial charge on any atom is -0.466 e. The molecule has 0 bridgehead atoms. The third kappa shape index (κ3) is 6.91. The highest BCUT2D eigenvalue weighted by Crippen LogP contribution is 2.21. The van der Waals surface area contributed by atoms with Gasteiger partial charge in [-0.05, 0) is 61.9 Å². The average Bonchev–Trinajstić information content (AvgIpc) is 2.79. The van der Waals surface area contributed by atoms with Crippen molar-refractivity contribution in [3.63, 3.8) is 0 Å². The highest BCUT2D eigenvalue weighted by Gasteiger charge is 2.16. The first-order chi connectivity index (χ1) is 16.7. The van der Waals surface area contributed by atoms with E-state index < -0.39 is 17.3 Å².